The van der Waals surface area contributed by atoms with E-state index in [0.717, 1.165) is 30.2 Å². The fourth-order valence-corrected chi connectivity index (χ4v) is 2.48. The minimum atomic E-state index is -0.130. The van der Waals surface area contributed by atoms with Crippen LogP contribution >= 0.6 is 11.3 Å². The SMILES string of the molecule is COC(=O)C1CCN1Cc1nc(C)cs1. The van der Waals surface area contributed by atoms with Gasteiger partial charge in [-0.1, -0.05) is 0 Å². The molecule has 0 saturated carbocycles. The summed E-state index contributed by atoms with van der Waals surface area (Å²) in [4.78, 5) is 17.8. The third-order valence-corrected chi connectivity index (χ3v) is 3.56. The van der Waals surface area contributed by atoms with E-state index in [-0.39, 0.29) is 12.0 Å². The zero-order valence-electron chi connectivity index (χ0n) is 8.90. The molecule has 82 valence electrons. The number of hydrogen-bond acceptors (Lipinski definition) is 5. The van der Waals surface area contributed by atoms with Crippen LogP contribution in [0.15, 0.2) is 5.38 Å². The third kappa shape index (κ3) is 2.18. The zero-order valence-corrected chi connectivity index (χ0v) is 9.71. The third-order valence-electron chi connectivity index (χ3n) is 2.61. The molecule has 0 radical (unpaired) electrons. The number of thiazole rings is 1. The molecule has 1 aliphatic rings. The molecule has 1 aromatic heterocycles. The minimum absolute atomic E-state index is 0.0563. The fourth-order valence-electron chi connectivity index (χ4n) is 1.68. The number of methoxy groups -OCH3 is 1. The van der Waals surface area contributed by atoms with E-state index in [1.807, 2.05) is 12.3 Å². The summed E-state index contributed by atoms with van der Waals surface area (Å²) in [5.41, 5.74) is 1.05. The van der Waals surface area contributed by atoms with E-state index in [1.165, 1.54) is 7.11 Å². The quantitative estimate of drug-likeness (QED) is 0.726. The second-order valence-corrected chi connectivity index (χ2v) is 4.62. The van der Waals surface area contributed by atoms with Gasteiger partial charge < -0.3 is 4.74 Å². The second-order valence-electron chi connectivity index (χ2n) is 3.68. The highest BCUT2D eigenvalue weighted by atomic mass is 32.1. The molecule has 0 bridgehead atoms. The van der Waals surface area contributed by atoms with Crippen molar-refractivity contribution in [1.29, 1.82) is 0 Å². The van der Waals surface area contributed by atoms with Crippen molar-refractivity contribution in [2.24, 2.45) is 0 Å². The molecule has 4 nitrogen and oxygen atoms in total. The number of carbonyl (C=O) groups is 1. The standard InChI is InChI=1S/C10H14N2O2S/c1-7-6-15-9(11-7)5-12-4-3-8(12)10(13)14-2/h6,8H,3-5H2,1-2H3. The average molecular weight is 226 g/mol. The predicted octanol–water partition coefficient (Wildman–Crippen LogP) is 1.20. The Labute approximate surface area is 92.9 Å². The van der Waals surface area contributed by atoms with Gasteiger partial charge in [0.05, 0.1) is 13.7 Å². The normalized spacial score (nSPS) is 21.1. The molecule has 1 saturated heterocycles. The number of carbonyl (C=O) groups excluding carboxylic acids is 1. The van der Waals surface area contributed by atoms with Gasteiger partial charge in [0.25, 0.3) is 0 Å². The summed E-state index contributed by atoms with van der Waals surface area (Å²) in [6.07, 6.45) is 0.900. The van der Waals surface area contributed by atoms with E-state index >= 15 is 0 Å². The summed E-state index contributed by atoms with van der Waals surface area (Å²) in [5, 5.41) is 3.10. The van der Waals surface area contributed by atoms with Gasteiger partial charge in [-0.2, -0.15) is 0 Å². The summed E-state index contributed by atoms with van der Waals surface area (Å²) in [5.74, 6) is -0.130. The number of rotatable bonds is 3. The zero-order chi connectivity index (χ0) is 10.8. The largest absolute Gasteiger partial charge is 0.468 e. The summed E-state index contributed by atoms with van der Waals surface area (Å²) < 4.78 is 4.73. The molecule has 1 atom stereocenters. The lowest BCUT2D eigenvalue weighted by atomic mass is 10.0. The molecule has 2 heterocycles. The molecule has 0 aromatic carbocycles. The molecule has 1 unspecified atom stereocenters. The van der Waals surface area contributed by atoms with Crippen LogP contribution in [0.1, 0.15) is 17.1 Å². The number of ether oxygens (including phenoxy) is 1. The Morgan fingerprint density at radius 2 is 2.60 bits per heavy atom. The molecule has 0 aliphatic carbocycles. The highest BCUT2D eigenvalue weighted by molar-refractivity contribution is 7.09. The van der Waals surface area contributed by atoms with Crippen LogP contribution < -0.4 is 0 Å². The molecule has 1 aliphatic heterocycles. The van der Waals surface area contributed by atoms with Crippen molar-refractivity contribution < 1.29 is 9.53 Å². The average Bonchev–Trinajstić information content (AvgIpc) is 2.58. The topological polar surface area (TPSA) is 42.4 Å². The maximum absolute atomic E-state index is 11.3. The summed E-state index contributed by atoms with van der Waals surface area (Å²) in [6.45, 7) is 3.70. The highest BCUT2D eigenvalue weighted by Gasteiger charge is 2.35. The van der Waals surface area contributed by atoms with Crippen molar-refractivity contribution in [2.75, 3.05) is 13.7 Å². The number of nitrogens with zero attached hydrogens (tertiary/aromatic N) is 2. The van der Waals surface area contributed by atoms with Crippen LogP contribution in [-0.2, 0) is 16.1 Å². The smallest absolute Gasteiger partial charge is 0.323 e. The van der Waals surface area contributed by atoms with Crippen LogP contribution in [0.5, 0.6) is 0 Å². The maximum Gasteiger partial charge on any atom is 0.323 e. The van der Waals surface area contributed by atoms with Gasteiger partial charge in [0.1, 0.15) is 11.0 Å². The van der Waals surface area contributed by atoms with Crippen molar-refractivity contribution >= 4 is 17.3 Å². The Bertz CT molecular complexity index is 364. The predicted molar refractivity (Wildman–Crippen MR) is 57.7 cm³/mol. The molecule has 0 spiro atoms. The Balaban J connectivity index is 1.93. The van der Waals surface area contributed by atoms with Crippen molar-refractivity contribution in [3.8, 4) is 0 Å². The maximum atomic E-state index is 11.3. The van der Waals surface area contributed by atoms with Crippen LogP contribution in [0.3, 0.4) is 0 Å². The lowest BCUT2D eigenvalue weighted by Gasteiger charge is -2.37. The molecule has 2 rings (SSSR count). The molecule has 1 fully saturated rings. The van der Waals surface area contributed by atoms with E-state index in [1.54, 1.807) is 11.3 Å². The monoisotopic (exact) mass is 226 g/mol. The number of aromatic nitrogens is 1. The van der Waals surface area contributed by atoms with E-state index < -0.39 is 0 Å². The molecule has 15 heavy (non-hydrogen) atoms. The van der Waals surface area contributed by atoms with Gasteiger partial charge in [0.15, 0.2) is 0 Å². The summed E-state index contributed by atoms with van der Waals surface area (Å²) in [6, 6.07) is -0.0563. The van der Waals surface area contributed by atoms with E-state index in [4.69, 9.17) is 4.74 Å². The van der Waals surface area contributed by atoms with Crippen LogP contribution in [0.4, 0.5) is 0 Å². The molecular weight excluding hydrogens is 212 g/mol. The van der Waals surface area contributed by atoms with Crippen molar-refractivity contribution in [3.05, 3.63) is 16.1 Å². The van der Waals surface area contributed by atoms with Crippen molar-refractivity contribution in [3.63, 3.8) is 0 Å². The van der Waals surface area contributed by atoms with Crippen LogP contribution in [0.2, 0.25) is 0 Å². The molecular formula is C10H14N2O2S. The van der Waals surface area contributed by atoms with Gasteiger partial charge in [0, 0.05) is 17.6 Å². The number of likely N-dealkylation sites (tertiary alicyclic amines) is 1. The number of aryl methyl sites for hydroxylation is 1. The first kappa shape index (κ1) is 10.6. The van der Waals surface area contributed by atoms with Gasteiger partial charge in [-0.05, 0) is 13.3 Å². The molecule has 1 aromatic rings. The minimum Gasteiger partial charge on any atom is -0.468 e. The van der Waals surface area contributed by atoms with E-state index in [0.29, 0.717) is 0 Å². The van der Waals surface area contributed by atoms with Crippen molar-refractivity contribution in [2.45, 2.75) is 25.9 Å². The van der Waals surface area contributed by atoms with E-state index in [2.05, 4.69) is 9.88 Å². The van der Waals surface area contributed by atoms with Crippen molar-refractivity contribution in [1.82, 2.24) is 9.88 Å². The fraction of sp³-hybridized carbons (Fsp3) is 0.600. The van der Waals surface area contributed by atoms with Crippen LogP contribution in [0, 0.1) is 6.92 Å². The lowest BCUT2D eigenvalue weighted by molar-refractivity contribution is -0.152. The first-order valence-corrected chi connectivity index (χ1v) is 5.81. The Morgan fingerprint density at radius 1 is 1.80 bits per heavy atom. The number of hydrogen-bond donors (Lipinski definition) is 0. The lowest BCUT2D eigenvalue weighted by Crippen LogP contribution is -2.52. The van der Waals surface area contributed by atoms with E-state index in [9.17, 15) is 4.79 Å². The highest BCUT2D eigenvalue weighted by Crippen LogP contribution is 2.22. The second kappa shape index (κ2) is 4.28. The molecule has 0 amide bonds. The molecule has 5 heteroatoms. The Kier molecular flexibility index (Phi) is 3.02. The van der Waals surface area contributed by atoms with Gasteiger partial charge in [-0.3, -0.25) is 9.69 Å². The summed E-state index contributed by atoms with van der Waals surface area (Å²) >= 11 is 1.64. The summed E-state index contributed by atoms with van der Waals surface area (Å²) in [7, 11) is 1.44. The Hall–Kier alpha value is -0.940. The van der Waals surface area contributed by atoms with Gasteiger partial charge in [-0.15, -0.1) is 11.3 Å². The Morgan fingerprint density at radius 3 is 3.07 bits per heavy atom. The first-order valence-electron chi connectivity index (χ1n) is 4.93. The van der Waals surface area contributed by atoms with Crippen LogP contribution in [0.25, 0.3) is 0 Å². The van der Waals surface area contributed by atoms with Gasteiger partial charge in [0.2, 0.25) is 0 Å². The number of esters is 1. The first-order chi connectivity index (χ1) is 7.20. The van der Waals surface area contributed by atoms with Gasteiger partial charge >= 0.3 is 5.97 Å². The van der Waals surface area contributed by atoms with Gasteiger partial charge in [-0.25, -0.2) is 4.98 Å². The molecule has 0 N–H and O–H groups in total. The van der Waals surface area contributed by atoms with Crippen LogP contribution in [-0.4, -0.2) is 35.5 Å².